The molecule has 0 saturated carbocycles. The van der Waals surface area contributed by atoms with Crippen molar-refractivity contribution in [3.8, 4) is 5.75 Å². The van der Waals surface area contributed by atoms with Crippen LogP contribution in [-0.2, 0) is 0 Å². The highest BCUT2D eigenvalue weighted by molar-refractivity contribution is 7.99. The highest BCUT2D eigenvalue weighted by atomic mass is 35.5. The lowest BCUT2D eigenvalue weighted by molar-refractivity contribution is 0.0236. The van der Waals surface area contributed by atoms with E-state index in [4.69, 9.17) is 16.3 Å². The van der Waals surface area contributed by atoms with Crippen molar-refractivity contribution in [3.63, 3.8) is 0 Å². The molecule has 2 heterocycles. The molecule has 2 aliphatic rings. The molecule has 1 fully saturated rings. The number of ether oxygens (including phenoxy) is 1. The van der Waals surface area contributed by atoms with Crippen molar-refractivity contribution in [1.82, 2.24) is 5.32 Å². The van der Waals surface area contributed by atoms with Crippen LogP contribution in [-0.4, -0.2) is 24.2 Å². The van der Waals surface area contributed by atoms with Gasteiger partial charge in [0.1, 0.15) is 11.4 Å². The summed E-state index contributed by atoms with van der Waals surface area (Å²) in [5.41, 5.74) is 1.24. The fourth-order valence-corrected chi connectivity index (χ4v) is 4.37. The lowest BCUT2D eigenvalue weighted by atomic mass is 9.83. The zero-order chi connectivity index (χ0) is 12.6. The Bertz CT molecular complexity index is 445. The monoisotopic (exact) mass is 283 g/mol. The minimum atomic E-state index is 0.0414. The Labute approximate surface area is 117 Å². The lowest BCUT2D eigenvalue weighted by Gasteiger charge is -2.44. The van der Waals surface area contributed by atoms with Crippen LogP contribution in [0.4, 0.5) is 0 Å². The molecular weight excluding hydrogens is 266 g/mol. The minimum absolute atomic E-state index is 0.0414. The van der Waals surface area contributed by atoms with E-state index in [1.54, 1.807) is 0 Å². The summed E-state index contributed by atoms with van der Waals surface area (Å²) in [4.78, 5) is 0. The number of hydrogen-bond donors (Lipinski definition) is 1. The van der Waals surface area contributed by atoms with Gasteiger partial charge in [0.2, 0.25) is 0 Å². The van der Waals surface area contributed by atoms with E-state index in [1.807, 2.05) is 37.0 Å². The summed E-state index contributed by atoms with van der Waals surface area (Å²) < 4.78 is 6.34. The lowest BCUT2D eigenvalue weighted by Crippen LogP contribution is -2.46. The van der Waals surface area contributed by atoms with Crippen LogP contribution in [0.2, 0.25) is 5.02 Å². The highest BCUT2D eigenvalue weighted by Gasteiger charge is 2.41. The molecule has 1 spiro atoms. The number of hydrogen-bond acceptors (Lipinski definition) is 3. The van der Waals surface area contributed by atoms with Crippen molar-refractivity contribution < 1.29 is 4.74 Å². The van der Waals surface area contributed by atoms with Crippen LogP contribution in [0.25, 0.3) is 0 Å². The summed E-state index contributed by atoms with van der Waals surface area (Å²) in [7, 11) is 2.02. The van der Waals surface area contributed by atoms with Crippen LogP contribution >= 0.6 is 23.4 Å². The average molecular weight is 284 g/mol. The van der Waals surface area contributed by atoms with Gasteiger partial charge >= 0.3 is 0 Å². The van der Waals surface area contributed by atoms with Crippen molar-refractivity contribution >= 4 is 23.4 Å². The van der Waals surface area contributed by atoms with Gasteiger partial charge in [-0.15, -0.1) is 0 Å². The minimum Gasteiger partial charge on any atom is -0.487 e. The molecule has 1 N–H and O–H groups in total. The summed E-state index contributed by atoms with van der Waals surface area (Å²) in [6.45, 7) is 0. The Morgan fingerprint density at radius 2 is 2.17 bits per heavy atom. The van der Waals surface area contributed by atoms with E-state index in [-0.39, 0.29) is 5.60 Å². The van der Waals surface area contributed by atoms with Gasteiger partial charge in [0.15, 0.2) is 0 Å². The molecule has 2 nitrogen and oxygen atoms in total. The molecule has 0 amide bonds. The Hall–Kier alpha value is -0.380. The fraction of sp³-hybridized carbons (Fsp3) is 0.571. The van der Waals surface area contributed by atoms with Gasteiger partial charge in [-0.1, -0.05) is 11.6 Å². The quantitative estimate of drug-likeness (QED) is 0.850. The number of halogens is 1. The second-order valence-electron chi connectivity index (χ2n) is 5.12. The first-order valence-corrected chi connectivity index (χ1v) is 7.99. The highest BCUT2D eigenvalue weighted by Crippen LogP contribution is 2.45. The second kappa shape index (κ2) is 4.95. The second-order valence-corrected chi connectivity index (χ2v) is 6.79. The normalized spacial score (nSPS) is 25.6. The summed E-state index contributed by atoms with van der Waals surface area (Å²) in [6.07, 6.45) is 3.35. The summed E-state index contributed by atoms with van der Waals surface area (Å²) >= 11 is 8.12. The topological polar surface area (TPSA) is 21.3 Å². The van der Waals surface area contributed by atoms with E-state index in [9.17, 15) is 0 Å². The number of fused-ring (bicyclic) bond motifs is 1. The molecule has 0 aliphatic carbocycles. The number of thioether (sulfide) groups is 1. The maximum atomic E-state index is 6.34. The predicted octanol–water partition coefficient (Wildman–Crippen LogP) is 3.65. The maximum Gasteiger partial charge on any atom is 0.125 e. The molecule has 1 aromatic rings. The Morgan fingerprint density at radius 3 is 2.89 bits per heavy atom. The Morgan fingerprint density at radius 1 is 1.39 bits per heavy atom. The van der Waals surface area contributed by atoms with Crippen molar-refractivity contribution in [2.24, 2.45) is 0 Å². The first-order valence-electron chi connectivity index (χ1n) is 6.46. The Balaban J connectivity index is 1.96. The van der Waals surface area contributed by atoms with E-state index in [2.05, 4.69) is 5.32 Å². The number of benzene rings is 1. The maximum absolute atomic E-state index is 6.34. The van der Waals surface area contributed by atoms with E-state index >= 15 is 0 Å². The molecule has 4 heteroatoms. The first kappa shape index (κ1) is 12.6. The summed E-state index contributed by atoms with van der Waals surface area (Å²) in [5, 5.41) is 4.20. The third kappa shape index (κ3) is 2.24. The molecule has 1 atom stereocenters. The zero-order valence-corrected chi connectivity index (χ0v) is 12.1. The third-order valence-electron chi connectivity index (χ3n) is 4.00. The van der Waals surface area contributed by atoms with Crippen molar-refractivity contribution in [2.75, 3.05) is 18.6 Å². The van der Waals surface area contributed by atoms with Crippen LogP contribution in [0.15, 0.2) is 18.2 Å². The molecule has 0 aromatic heterocycles. The van der Waals surface area contributed by atoms with Crippen LogP contribution in [0, 0.1) is 0 Å². The molecular formula is C14H18ClNOS. The summed E-state index contributed by atoms with van der Waals surface area (Å²) in [6, 6.07) is 6.33. The smallest absolute Gasteiger partial charge is 0.125 e. The van der Waals surface area contributed by atoms with Crippen LogP contribution in [0.5, 0.6) is 5.75 Å². The molecule has 2 aliphatic heterocycles. The van der Waals surface area contributed by atoms with Gasteiger partial charge < -0.3 is 10.1 Å². The van der Waals surface area contributed by atoms with Crippen LogP contribution < -0.4 is 10.1 Å². The molecule has 1 saturated heterocycles. The van der Waals surface area contributed by atoms with Gasteiger partial charge in [0.25, 0.3) is 0 Å². The van der Waals surface area contributed by atoms with Crippen molar-refractivity contribution in [3.05, 3.63) is 28.8 Å². The van der Waals surface area contributed by atoms with Crippen LogP contribution in [0.3, 0.4) is 0 Å². The van der Waals surface area contributed by atoms with E-state index in [1.165, 1.54) is 17.1 Å². The van der Waals surface area contributed by atoms with E-state index < -0.39 is 0 Å². The molecule has 0 radical (unpaired) electrons. The van der Waals surface area contributed by atoms with Gasteiger partial charge in [-0.25, -0.2) is 0 Å². The number of nitrogens with one attached hydrogen (secondary N) is 1. The van der Waals surface area contributed by atoms with Gasteiger partial charge in [0, 0.05) is 23.0 Å². The fourth-order valence-electron chi connectivity index (χ4n) is 2.95. The molecule has 18 heavy (non-hydrogen) atoms. The van der Waals surface area contributed by atoms with Crippen LogP contribution in [0.1, 0.15) is 30.9 Å². The van der Waals surface area contributed by atoms with Gasteiger partial charge in [-0.3, -0.25) is 0 Å². The van der Waals surface area contributed by atoms with Crippen molar-refractivity contribution in [2.45, 2.75) is 30.9 Å². The third-order valence-corrected chi connectivity index (χ3v) is 5.22. The molecule has 98 valence electrons. The average Bonchev–Trinajstić information content (AvgIpc) is 2.39. The van der Waals surface area contributed by atoms with E-state index in [0.29, 0.717) is 6.04 Å². The molecule has 0 bridgehead atoms. The van der Waals surface area contributed by atoms with Crippen molar-refractivity contribution in [1.29, 1.82) is 0 Å². The summed E-state index contributed by atoms with van der Waals surface area (Å²) in [5.74, 6) is 3.43. The largest absolute Gasteiger partial charge is 0.487 e. The number of rotatable bonds is 1. The SMILES string of the molecule is CNC1CC2(CCSCC2)Oc2ccc(Cl)cc21. The Kier molecular flexibility index (Phi) is 3.48. The van der Waals surface area contributed by atoms with Gasteiger partial charge in [0.05, 0.1) is 0 Å². The van der Waals surface area contributed by atoms with Gasteiger partial charge in [-0.2, -0.15) is 11.8 Å². The standard InChI is InChI=1S/C14H18ClNOS/c1-16-12-9-14(4-6-18-7-5-14)17-13-3-2-10(15)8-11(12)13/h2-3,8,12,16H,4-7,9H2,1H3. The van der Waals surface area contributed by atoms with E-state index in [0.717, 1.165) is 30.0 Å². The molecule has 3 rings (SSSR count). The first-order chi connectivity index (χ1) is 8.72. The molecule has 1 aromatic carbocycles. The zero-order valence-electron chi connectivity index (χ0n) is 10.5. The van der Waals surface area contributed by atoms with Gasteiger partial charge in [-0.05, 0) is 49.6 Å². The molecule has 1 unspecified atom stereocenters. The predicted molar refractivity (Wildman–Crippen MR) is 77.8 cm³/mol.